The molecule has 0 unspecified atom stereocenters. The number of rotatable bonds is 2. The van der Waals surface area contributed by atoms with Crippen LogP contribution in [0.25, 0.3) is 0 Å². The summed E-state index contributed by atoms with van der Waals surface area (Å²) in [5, 5.41) is 0. The van der Waals surface area contributed by atoms with Crippen LogP contribution < -0.4 is 0 Å². The third-order valence-corrected chi connectivity index (χ3v) is 6.19. The van der Waals surface area contributed by atoms with Gasteiger partial charge in [-0.25, -0.2) is 9.97 Å². The van der Waals surface area contributed by atoms with Gasteiger partial charge in [0.05, 0.1) is 11.6 Å². The zero-order chi connectivity index (χ0) is 19.8. The fourth-order valence-electron chi connectivity index (χ4n) is 4.48. The summed E-state index contributed by atoms with van der Waals surface area (Å²) in [4.78, 5) is 50.9. The van der Waals surface area contributed by atoms with Crippen molar-refractivity contribution in [2.75, 3.05) is 33.2 Å². The van der Waals surface area contributed by atoms with Crippen LogP contribution in [0.2, 0.25) is 0 Å². The van der Waals surface area contributed by atoms with E-state index in [0.717, 1.165) is 36.5 Å². The van der Waals surface area contributed by atoms with Crippen molar-refractivity contribution in [2.45, 2.75) is 45.1 Å². The van der Waals surface area contributed by atoms with E-state index in [2.05, 4.69) is 4.98 Å². The number of nitrogens with zero attached hydrogens (tertiary/aromatic N) is 5. The van der Waals surface area contributed by atoms with Crippen LogP contribution in [0.5, 0.6) is 0 Å². The third kappa shape index (κ3) is 3.59. The van der Waals surface area contributed by atoms with Crippen molar-refractivity contribution in [1.29, 1.82) is 0 Å². The number of carbonyl (C=O) groups excluding carboxylic acids is 3. The summed E-state index contributed by atoms with van der Waals surface area (Å²) >= 11 is 0. The lowest BCUT2D eigenvalue weighted by Gasteiger charge is -2.33. The van der Waals surface area contributed by atoms with Crippen LogP contribution in [0.4, 0.5) is 0 Å². The summed E-state index contributed by atoms with van der Waals surface area (Å²) in [6.45, 7) is 4.74. The monoisotopic (exact) mass is 385 g/mol. The second-order valence-corrected chi connectivity index (χ2v) is 8.19. The Hall–Kier alpha value is -2.51. The molecule has 8 heteroatoms. The van der Waals surface area contributed by atoms with E-state index >= 15 is 0 Å². The molecule has 1 aromatic rings. The molecule has 2 saturated heterocycles. The summed E-state index contributed by atoms with van der Waals surface area (Å²) in [5.41, 5.74) is 1.99. The van der Waals surface area contributed by atoms with Crippen molar-refractivity contribution in [3.8, 4) is 0 Å². The quantitative estimate of drug-likeness (QED) is 0.743. The van der Waals surface area contributed by atoms with Crippen molar-refractivity contribution in [3.63, 3.8) is 0 Å². The van der Waals surface area contributed by atoms with Gasteiger partial charge in [-0.1, -0.05) is 0 Å². The lowest BCUT2D eigenvalue weighted by molar-refractivity contribution is -0.136. The van der Waals surface area contributed by atoms with Crippen LogP contribution in [-0.4, -0.2) is 75.6 Å². The predicted molar refractivity (Wildman–Crippen MR) is 101 cm³/mol. The number of aromatic nitrogens is 2. The summed E-state index contributed by atoms with van der Waals surface area (Å²) in [6.07, 6.45) is 4.83. The molecule has 150 valence electrons. The zero-order valence-electron chi connectivity index (χ0n) is 16.6. The van der Waals surface area contributed by atoms with Gasteiger partial charge < -0.3 is 14.7 Å². The summed E-state index contributed by atoms with van der Waals surface area (Å²) in [6, 6.07) is 0. The summed E-state index contributed by atoms with van der Waals surface area (Å²) in [7, 11) is 1.75. The largest absolute Gasteiger partial charge is 0.345 e. The molecule has 0 N–H and O–H groups in total. The molecule has 3 amide bonds. The average Bonchev–Trinajstić information content (AvgIpc) is 3.05. The summed E-state index contributed by atoms with van der Waals surface area (Å²) < 4.78 is 0. The number of hydrogen-bond acceptors (Lipinski definition) is 5. The minimum Gasteiger partial charge on any atom is -0.345 e. The maximum Gasteiger partial charge on any atom is 0.228 e. The molecule has 28 heavy (non-hydrogen) atoms. The van der Waals surface area contributed by atoms with Gasteiger partial charge in [0, 0.05) is 77.2 Å². The number of fused-ring (bicyclic) bond motifs is 1. The molecule has 0 saturated carbocycles. The highest BCUT2D eigenvalue weighted by Crippen LogP contribution is 2.27. The molecule has 1 aromatic heterocycles. The van der Waals surface area contributed by atoms with Crippen LogP contribution in [0.1, 0.15) is 49.2 Å². The lowest BCUT2D eigenvalue weighted by atomic mass is 9.96. The Balaban J connectivity index is 1.44. The number of carbonyl (C=O) groups is 3. The molecule has 3 aliphatic heterocycles. The standard InChI is InChI=1S/C20H27N5O3/c1-13(26)24-6-3-4-14(11-24)19-21-9-16-12-25(7-5-17(16)22-19)20(28)15-8-18(27)23(2)10-15/h9,14-15H,3-8,10-12H2,1-2H3/t14-,15+/m1/s1. The highest BCUT2D eigenvalue weighted by atomic mass is 16.2. The van der Waals surface area contributed by atoms with E-state index in [1.54, 1.807) is 18.9 Å². The Morgan fingerprint density at radius 2 is 2.00 bits per heavy atom. The van der Waals surface area contributed by atoms with Crippen molar-refractivity contribution in [3.05, 3.63) is 23.3 Å². The lowest BCUT2D eigenvalue weighted by Crippen LogP contribution is -2.41. The van der Waals surface area contributed by atoms with Gasteiger partial charge in [-0.3, -0.25) is 14.4 Å². The van der Waals surface area contributed by atoms with Crippen molar-refractivity contribution in [1.82, 2.24) is 24.7 Å². The van der Waals surface area contributed by atoms with E-state index in [-0.39, 0.29) is 29.6 Å². The average molecular weight is 385 g/mol. The zero-order valence-corrected chi connectivity index (χ0v) is 16.6. The molecule has 4 rings (SSSR count). The van der Waals surface area contributed by atoms with Gasteiger partial charge in [-0.2, -0.15) is 0 Å². The molecule has 8 nitrogen and oxygen atoms in total. The second-order valence-electron chi connectivity index (χ2n) is 8.19. The second kappa shape index (κ2) is 7.48. The molecule has 0 radical (unpaired) electrons. The van der Waals surface area contributed by atoms with Crippen molar-refractivity contribution in [2.24, 2.45) is 5.92 Å². The Morgan fingerprint density at radius 3 is 2.71 bits per heavy atom. The fourth-order valence-corrected chi connectivity index (χ4v) is 4.48. The van der Waals surface area contributed by atoms with Crippen LogP contribution in [0.15, 0.2) is 6.20 Å². The van der Waals surface area contributed by atoms with Crippen molar-refractivity contribution >= 4 is 17.7 Å². The highest BCUT2D eigenvalue weighted by molar-refractivity contribution is 5.89. The van der Waals surface area contributed by atoms with Crippen LogP contribution >= 0.6 is 0 Å². The van der Waals surface area contributed by atoms with E-state index in [1.807, 2.05) is 16.0 Å². The van der Waals surface area contributed by atoms with Gasteiger partial charge in [0.2, 0.25) is 17.7 Å². The molecular weight excluding hydrogens is 358 g/mol. The SMILES string of the molecule is CC(=O)N1CCC[C@@H](c2ncc3c(n2)CCN(C(=O)[C@H]2CC(=O)N(C)C2)C3)C1. The minimum absolute atomic E-state index is 0.0378. The first kappa shape index (κ1) is 18.8. The number of piperidine rings is 1. The molecule has 0 spiro atoms. The minimum atomic E-state index is -0.237. The highest BCUT2D eigenvalue weighted by Gasteiger charge is 2.36. The predicted octanol–water partition coefficient (Wildman–Crippen LogP) is 0.566. The Bertz CT molecular complexity index is 811. The van der Waals surface area contributed by atoms with Gasteiger partial charge in [0.15, 0.2) is 0 Å². The maximum absolute atomic E-state index is 12.8. The van der Waals surface area contributed by atoms with E-state index < -0.39 is 0 Å². The molecular formula is C20H27N5O3. The Labute approximate surface area is 164 Å². The van der Waals surface area contributed by atoms with Crippen molar-refractivity contribution < 1.29 is 14.4 Å². The van der Waals surface area contributed by atoms with Gasteiger partial charge in [-0.15, -0.1) is 0 Å². The molecule has 4 heterocycles. The first-order chi connectivity index (χ1) is 13.4. The molecule has 0 bridgehead atoms. The van der Waals surface area contributed by atoms with E-state index in [9.17, 15) is 14.4 Å². The maximum atomic E-state index is 12.8. The number of likely N-dealkylation sites (tertiary alicyclic amines) is 2. The van der Waals surface area contributed by atoms with Crippen LogP contribution in [0, 0.1) is 5.92 Å². The van der Waals surface area contributed by atoms with E-state index in [0.29, 0.717) is 39.0 Å². The molecule has 0 aromatic carbocycles. The number of hydrogen-bond donors (Lipinski definition) is 0. The van der Waals surface area contributed by atoms with E-state index in [1.165, 1.54) is 0 Å². The van der Waals surface area contributed by atoms with Gasteiger partial charge in [0.1, 0.15) is 5.82 Å². The van der Waals surface area contributed by atoms with Gasteiger partial charge >= 0.3 is 0 Å². The first-order valence-electron chi connectivity index (χ1n) is 10.1. The Morgan fingerprint density at radius 1 is 1.18 bits per heavy atom. The topological polar surface area (TPSA) is 86.7 Å². The molecule has 2 atom stereocenters. The fraction of sp³-hybridized carbons (Fsp3) is 0.650. The van der Waals surface area contributed by atoms with Gasteiger partial charge in [-0.05, 0) is 12.8 Å². The van der Waals surface area contributed by atoms with E-state index in [4.69, 9.17) is 4.98 Å². The van der Waals surface area contributed by atoms with Crippen LogP contribution in [-0.2, 0) is 27.3 Å². The normalized spacial score (nSPS) is 25.1. The first-order valence-corrected chi connectivity index (χ1v) is 10.1. The molecule has 0 aliphatic carbocycles. The number of amides is 3. The Kier molecular flexibility index (Phi) is 5.03. The smallest absolute Gasteiger partial charge is 0.228 e. The molecule has 3 aliphatic rings. The summed E-state index contributed by atoms with van der Waals surface area (Å²) in [5.74, 6) is 0.953. The van der Waals surface area contributed by atoms with Crippen LogP contribution in [0.3, 0.4) is 0 Å². The van der Waals surface area contributed by atoms with Gasteiger partial charge in [0.25, 0.3) is 0 Å². The molecule has 2 fully saturated rings. The third-order valence-electron chi connectivity index (χ3n) is 6.19.